The molecule has 0 saturated carbocycles. The maximum atomic E-state index is 6.25. The monoisotopic (exact) mass is 254 g/mol. The zero-order chi connectivity index (χ0) is 11.4. The minimum Gasteiger partial charge on any atom is -0.349 e. The molecule has 0 aliphatic rings. The van der Waals surface area contributed by atoms with Crippen molar-refractivity contribution in [2.75, 3.05) is 0 Å². The van der Waals surface area contributed by atoms with E-state index in [1.165, 1.54) is 5.56 Å². The van der Waals surface area contributed by atoms with Crippen LogP contribution in [0.4, 0.5) is 0 Å². The predicted octanol–water partition coefficient (Wildman–Crippen LogP) is 3.46. The molecular weight excluding hydrogens is 243 g/mol. The Morgan fingerprint density at radius 3 is 2.56 bits per heavy atom. The van der Waals surface area contributed by atoms with Gasteiger partial charge < -0.3 is 4.98 Å². The Balaban J connectivity index is 1.92. The molecule has 0 spiro atoms. The third kappa shape index (κ3) is 3.26. The summed E-state index contributed by atoms with van der Waals surface area (Å²) in [5.41, 5.74) is 1.19. The average Bonchev–Trinajstić information content (AvgIpc) is 2.74. The van der Waals surface area contributed by atoms with E-state index < -0.39 is 0 Å². The van der Waals surface area contributed by atoms with Crippen molar-refractivity contribution in [2.24, 2.45) is 0 Å². The van der Waals surface area contributed by atoms with Crippen LogP contribution in [0.1, 0.15) is 11.4 Å². The number of benzene rings is 1. The molecule has 0 bridgehead atoms. The summed E-state index contributed by atoms with van der Waals surface area (Å²) in [7, 11) is 0. The fraction of sp³-hybridized carbons (Fsp3) is 0.250. The molecule has 1 unspecified atom stereocenters. The number of aromatic amines is 1. The first kappa shape index (κ1) is 11.5. The second-order valence-corrected chi connectivity index (χ2v) is 4.72. The molecule has 0 amide bonds. The molecule has 0 aliphatic carbocycles. The lowest BCUT2D eigenvalue weighted by Crippen LogP contribution is -2.08. The zero-order valence-corrected chi connectivity index (χ0v) is 10.2. The maximum absolute atomic E-state index is 6.25. The van der Waals surface area contributed by atoms with Crippen molar-refractivity contribution in [3.05, 3.63) is 53.1 Å². The fourth-order valence-electron chi connectivity index (χ4n) is 1.57. The Morgan fingerprint density at radius 2 is 1.94 bits per heavy atom. The lowest BCUT2D eigenvalue weighted by molar-refractivity contribution is 0.792. The number of alkyl halides is 1. The predicted molar refractivity (Wildman–Crippen MR) is 67.1 cm³/mol. The van der Waals surface area contributed by atoms with Gasteiger partial charge in [0.15, 0.2) is 0 Å². The number of nitrogens with zero attached hydrogens (tertiary/aromatic N) is 1. The minimum atomic E-state index is 0.0484. The van der Waals surface area contributed by atoms with Crippen LogP contribution >= 0.6 is 23.2 Å². The van der Waals surface area contributed by atoms with E-state index in [4.69, 9.17) is 23.2 Å². The van der Waals surface area contributed by atoms with E-state index >= 15 is 0 Å². The van der Waals surface area contributed by atoms with Crippen LogP contribution in [0.15, 0.2) is 36.7 Å². The topological polar surface area (TPSA) is 28.7 Å². The molecule has 0 fully saturated rings. The van der Waals surface area contributed by atoms with Crippen molar-refractivity contribution in [1.82, 2.24) is 9.97 Å². The molecule has 1 heterocycles. The Hall–Kier alpha value is -0.990. The first-order valence-corrected chi connectivity index (χ1v) is 5.92. The molecule has 0 saturated heterocycles. The van der Waals surface area contributed by atoms with Crippen LogP contribution in [0.25, 0.3) is 0 Å². The highest BCUT2D eigenvalue weighted by atomic mass is 35.5. The summed E-state index contributed by atoms with van der Waals surface area (Å²) in [6.45, 7) is 0. The smallest absolute Gasteiger partial charge is 0.107 e. The summed E-state index contributed by atoms with van der Waals surface area (Å²) >= 11 is 12.1. The summed E-state index contributed by atoms with van der Waals surface area (Å²) in [6.07, 6.45) is 5.11. The van der Waals surface area contributed by atoms with Gasteiger partial charge in [-0.2, -0.15) is 0 Å². The van der Waals surface area contributed by atoms with E-state index in [1.54, 1.807) is 12.4 Å². The van der Waals surface area contributed by atoms with Crippen LogP contribution in [0.5, 0.6) is 0 Å². The molecule has 4 heteroatoms. The van der Waals surface area contributed by atoms with Gasteiger partial charge in [-0.3, -0.25) is 0 Å². The number of imidazole rings is 1. The van der Waals surface area contributed by atoms with Gasteiger partial charge in [0.1, 0.15) is 5.82 Å². The van der Waals surface area contributed by atoms with Gasteiger partial charge in [-0.15, -0.1) is 11.6 Å². The number of hydrogen-bond acceptors (Lipinski definition) is 1. The Kier molecular flexibility index (Phi) is 3.86. The average molecular weight is 255 g/mol. The first-order chi connectivity index (χ1) is 7.74. The van der Waals surface area contributed by atoms with Crippen LogP contribution in [0.3, 0.4) is 0 Å². The summed E-state index contributed by atoms with van der Waals surface area (Å²) in [5.74, 6) is 0.925. The number of hydrogen-bond donors (Lipinski definition) is 1. The first-order valence-electron chi connectivity index (χ1n) is 5.11. The molecule has 2 rings (SSSR count). The minimum absolute atomic E-state index is 0.0484. The van der Waals surface area contributed by atoms with Crippen molar-refractivity contribution in [3.63, 3.8) is 0 Å². The van der Waals surface area contributed by atoms with Gasteiger partial charge in [0.05, 0.1) is 0 Å². The highest BCUT2D eigenvalue weighted by Crippen LogP contribution is 2.14. The van der Waals surface area contributed by atoms with Crippen molar-refractivity contribution < 1.29 is 0 Å². The Labute approximate surface area is 105 Å². The van der Waals surface area contributed by atoms with Gasteiger partial charge in [0.2, 0.25) is 0 Å². The molecule has 2 nitrogen and oxygen atoms in total. The fourth-order valence-corrected chi connectivity index (χ4v) is 2.02. The van der Waals surface area contributed by atoms with E-state index in [-0.39, 0.29) is 5.38 Å². The van der Waals surface area contributed by atoms with E-state index in [1.807, 2.05) is 24.3 Å². The van der Waals surface area contributed by atoms with Crippen molar-refractivity contribution >= 4 is 23.2 Å². The van der Waals surface area contributed by atoms with Crippen molar-refractivity contribution in [2.45, 2.75) is 18.2 Å². The summed E-state index contributed by atoms with van der Waals surface area (Å²) in [4.78, 5) is 7.20. The summed E-state index contributed by atoms with van der Waals surface area (Å²) in [6, 6.07) is 7.76. The van der Waals surface area contributed by atoms with Crippen LogP contribution in [0, 0.1) is 0 Å². The van der Waals surface area contributed by atoms with Crippen molar-refractivity contribution in [3.8, 4) is 0 Å². The molecule has 1 atom stereocenters. The molecule has 0 aliphatic heterocycles. The highest BCUT2D eigenvalue weighted by molar-refractivity contribution is 6.30. The van der Waals surface area contributed by atoms with Gasteiger partial charge >= 0.3 is 0 Å². The van der Waals surface area contributed by atoms with Gasteiger partial charge in [-0.05, 0) is 24.1 Å². The van der Waals surface area contributed by atoms with E-state index in [9.17, 15) is 0 Å². The number of halogens is 2. The second-order valence-electron chi connectivity index (χ2n) is 3.67. The standard InChI is InChI=1S/C12H12Cl2N2/c13-10-3-1-9(2-4-10)7-11(14)8-12-15-5-6-16-12/h1-6,11H,7-8H2,(H,15,16). The largest absolute Gasteiger partial charge is 0.349 e. The van der Waals surface area contributed by atoms with Crippen LogP contribution in [-0.4, -0.2) is 15.3 Å². The van der Waals surface area contributed by atoms with E-state index in [2.05, 4.69) is 9.97 Å². The number of nitrogens with one attached hydrogen (secondary N) is 1. The summed E-state index contributed by atoms with van der Waals surface area (Å²) in [5, 5.41) is 0.799. The number of rotatable bonds is 4. The molecule has 0 radical (unpaired) electrons. The van der Waals surface area contributed by atoms with Gasteiger partial charge in [0.25, 0.3) is 0 Å². The molecular formula is C12H12Cl2N2. The van der Waals surface area contributed by atoms with Gasteiger partial charge in [-0.25, -0.2) is 4.98 Å². The SMILES string of the molecule is Clc1ccc(CC(Cl)Cc2ncc[nH]2)cc1. The Bertz CT molecular complexity index is 423. The highest BCUT2D eigenvalue weighted by Gasteiger charge is 2.08. The van der Waals surface area contributed by atoms with E-state index in [0.29, 0.717) is 0 Å². The lowest BCUT2D eigenvalue weighted by atomic mass is 10.1. The maximum Gasteiger partial charge on any atom is 0.107 e. The van der Waals surface area contributed by atoms with E-state index in [0.717, 1.165) is 23.7 Å². The molecule has 1 aromatic heterocycles. The molecule has 16 heavy (non-hydrogen) atoms. The zero-order valence-electron chi connectivity index (χ0n) is 8.66. The van der Waals surface area contributed by atoms with Crippen LogP contribution in [0.2, 0.25) is 5.02 Å². The number of H-pyrrole nitrogens is 1. The number of aromatic nitrogens is 2. The Morgan fingerprint density at radius 1 is 1.19 bits per heavy atom. The summed E-state index contributed by atoms with van der Waals surface area (Å²) < 4.78 is 0. The molecule has 1 N–H and O–H groups in total. The second kappa shape index (κ2) is 5.37. The third-order valence-corrected chi connectivity index (χ3v) is 2.90. The van der Waals surface area contributed by atoms with Crippen LogP contribution in [-0.2, 0) is 12.8 Å². The van der Waals surface area contributed by atoms with Crippen molar-refractivity contribution in [1.29, 1.82) is 0 Å². The molecule has 84 valence electrons. The molecule has 2 aromatic rings. The van der Waals surface area contributed by atoms with Crippen LogP contribution < -0.4 is 0 Å². The quantitative estimate of drug-likeness (QED) is 0.833. The van der Waals surface area contributed by atoms with Gasteiger partial charge in [-0.1, -0.05) is 23.7 Å². The third-order valence-electron chi connectivity index (χ3n) is 2.34. The van der Waals surface area contributed by atoms with Gasteiger partial charge in [0, 0.05) is 29.2 Å². The molecule has 1 aromatic carbocycles. The lowest BCUT2D eigenvalue weighted by Gasteiger charge is -2.07. The normalized spacial score (nSPS) is 12.6.